The Bertz CT molecular complexity index is 656. The van der Waals surface area contributed by atoms with Crippen LogP contribution in [0.4, 0.5) is 0 Å². The van der Waals surface area contributed by atoms with Gasteiger partial charge < -0.3 is 14.3 Å². The summed E-state index contributed by atoms with van der Waals surface area (Å²) in [6.07, 6.45) is 26.8. The molecule has 172 valence electrons. The molecule has 0 aliphatic heterocycles. The molecule has 0 fully saturated rings. The van der Waals surface area contributed by atoms with Crippen LogP contribution in [0.2, 0.25) is 0 Å². The Balaban J connectivity index is 3.48. The zero-order chi connectivity index (χ0) is 22.6. The van der Waals surface area contributed by atoms with Crippen LogP contribution in [0, 0.1) is 0 Å². The maximum Gasteiger partial charge on any atom is 0.524 e. The number of phosphoric ester groups is 2. The van der Waals surface area contributed by atoms with E-state index in [0.29, 0.717) is 6.42 Å². The maximum absolute atomic E-state index is 10.5. The lowest BCUT2D eigenvalue weighted by atomic mass is 10.1. The van der Waals surface area contributed by atoms with Gasteiger partial charge >= 0.3 is 15.6 Å². The molecule has 0 radical (unpaired) electrons. The highest BCUT2D eigenvalue weighted by atomic mass is 31.2. The minimum absolute atomic E-state index is 0.117. The first-order valence-corrected chi connectivity index (χ1v) is 13.0. The third kappa shape index (κ3) is 26.8. The van der Waals surface area contributed by atoms with Crippen molar-refractivity contribution in [1.82, 2.24) is 0 Å². The number of allylic oxidation sites excluding steroid dienone is 9. The molecule has 0 aromatic heterocycles. The molecule has 0 atom stereocenters. The van der Waals surface area contributed by atoms with Crippen molar-refractivity contribution in [1.29, 1.82) is 0 Å². The molecule has 0 saturated carbocycles. The van der Waals surface area contributed by atoms with Crippen LogP contribution in [0.5, 0.6) is 0 Å². The number of hydrogen-bond acceptors (Lipinski definition) is 4. The molecular weight excluding hydrogens is 430 g/mol. The van der Waals surface area contributed by atoms with Gasteiger partial charge in [-0.2, -0.15) is 0 Å². The molecule has 4 N–H and O–H groups in total. The van der Waals surface area contributed by atoms with Gasteiger partial charge in [0.05, 0.1) is 12.9 Å². The highest BCUT2D eigenvalue weighted by Crippen LogP contribution is 2.36. The minimum atomic E-state index is -4.45. The lowest BCUT2D eigenvalue weighted by Crippen LogP contribution is -1.92. The fraction of sp³-hybridized carbons (Fsp3) is 0.500. The average Bonchev–Trinajstić information content (AvgIpc) is 2.64. The summed E-state index contributed by atoms with van der Waals surface area (Å²) in [5.74, 6) is 0. The van der Waals surface area contributed by atoms with E-state index in [1.54, 1.807) is 18.2 Å². The summed E-state index contributed by atoms with van der Waals surface area (Å²) in [5.41, 5.74) is 0. The zero-order valence-electron chi connectivity index (χ0n) is 17.2. The molecular formula is C20H34O8P2. The first-order chi connectivity index (χ1) is 14.2. The van der Waals surface area contributed by atoms with E-state index in [1.807, 2.05) is 24.3 Å². The third-order valence-corrected chi connectivity index (χ3v) is 4.63. The van der Waals surface area contributed by atoms with Gasteiger partial charge in [-0.05, 0) is 25.3 Å². The third-order valence-electron chi connectivity index (χ3n) is 3.72. The topological polar surface area (TPSA) is 134 Å². The van der Waals surface area contributed by atoms with Crippen LogP contribution in [0.1, 0.15) is 57.8 Å². The molecule has 0 aromatic carbocycles. The quantitative estimate of drug-likeness (QED) is 0.0910. The smallest absolute Gasteiger partial charge is 0.412 e. The number of hydrogen-bond donors (Lipinski definition) is 4. The maximum atomic E-state index is 10.5. The number of phosphoric acid groups is 2. The molecule has 0 unspecified atom stereocenters. The monoisotopic (exact) mass is 464 g/mol. The predicted molar refractivity (Wildman–Crippen MR) is 118 cm³/mol. The summed E-state index contributed by atoms with van der Waals surface area (Å²) in [6.45, 7) is 0.117. The fourth-order valence-corrected chi connectivity index (χ4v) is 2.92. The largest absolute Gasteiger partial charge is 0.524 e. The molecule has 0 heterocycles. The van der Waals surface area contributed by atoms with E-state index >= 15 is 0 Å². The van der Waals surface area contributed by atoms with Gasteiger partial charge in [0.15, 0.2) is 0 Å². The van der Waals surface area contributed by atoms with Gasteiger partial charge in [0.2, 0.25) is 0 Å². The zero-order valence-corrected chi connectivity index (χ0v) is 18.9. The van der Waals surface area contributed by atoms with Gasteiger partial charge in [0.25, 0.3) is 0 Å². The van der Waals surface area contributed by atoms with Crippen LogP contribution >= 0.6 is 15.6 Å². The minimum Gasteiger partial charge on any atom is -0.412 e. The molecule has 0 bridgehead atoms. The van der Waals surface area contributed by atoms with Gasteiger partial charge in [0.1, 0.15) is 0 Å². The van der Waals surface area contributed by atoms with Gasteiger partial charge in [-0.15, -0.1) is 0 Å². The summed E-state index contributed by atoms with van der Waals surface area (Å²) in [5, 5.41) is 0. The Morgan fingerprint density at radius 3 is 1.57 bits per heavy atom. The van der Waals surface area contributed by atoms with Gasteiger partial charge in [0, 0.05) is 0 Å². The van der Waals surface area contributed by atoms with Crippen molar-refractivity contribution < 1.29 is 37.8 Å². The van der Waals surface area contributed by atoms with Crippen molar-refractivity contribution in [3.05, 3.63) is 60.9 Å². The molecule has 8 nitrogen and oxygen atoms in total. The molecule has 0 saturated heterocycles. The second-order valence-corrected chi connectivity index (χ2v) is 8.88. The lowest BCUT2D eigenvalue weighted by molar-refractivity contribution is 0.193. The van der Waals surface area contributed by atoms with Crippen LogP contribution in [-0.2, 0) is 18.2 Å². The Labute approximate surface area is 179 Å². The molecule has 0 amide bonds. The van der Waals surface area contributed by atoms with Crippen LogP contribution in [0.25, 0.3) is 0 Å². The highest BCUT2D eigenvalue weighted by Gasteiger charge is 2.12. The SMILES string of the molecule is O=P(O)(O)O/C=C/C=C/C=C/C=C/C=C/CCCCCCCCCCOP(=O)(O)O. The number of rotatable bonds is 18. The van der Waals surface area contributed by atoms with E-state index in [0.717, 1.165) is 38.4 Å². The molecule has 0 aliphatic rings. The molecule has 0 spiro atoms. The standard InChI is InChI=1S/C20H34O8P2/c21-29(22,23)27-19-17-15-13-11-9-7-5-3-1-2-4-6-8-10-12-14-16-18-20-28-30(24,25)26/h1,3,5,7,9,11,13,15,17,19H,2,4,6,8,10,12,14,16,18,20H2,(H2,21,22,23)(H2,24,25,26)/b3-1+,7-5+,11-9+,15-13+,19-17+. The van der Waals surface area contributed by atoms with Crippen molar-refractivity contribution in [3.63, 3.8) is 0 Å². The van der Waals surface area contributed by atoms with E-state index in [9.17, 15) is 9.13 Å². The van der Waals surface area contributed by atoms with Crippen LogP contribution in [-0.4, -0.2) is 26.2 Å². The summed E-state index contributed by atoms with van der Waals surface area (Å²) in [6, 6.07) is 0. The summed E-state index contributed by atoms with van der Waals surface area (Å²) < 4.78 is 29.4. The van der Waals surface area contributed by atoms with Crippen molar-refractivity contribution in [2.24, 2.45) is 0 Å². The van der Waals surface area contributed by atoms with Crippen LogP contribution < -0.4 is 0 Å². The first kappa shape index (κ1) is 28.8. The van der Waals surface area contributed by atoms with E-state index in [4.69, 9.17) is 19.6 Å². The predicted octanol–water partition coefficient (Wildman–Crippen LogP) is 5.45. The summed E-state index contributed by atoms with van der Waals surface area (Å²) in [4.78, 5) is 34.0. The van der Waals surface area contributed by atoms with Gasteiger partial charge in [-0.25, -0.2) is 9.13 Å². The Kier molecular flexibility index (Phi) is 17.8. The van der Waals surface area contributed by atoms with E-state index < -0.39 is 15.6 Å². The summed E-state index contributed by atoms with van der Waals surface area (Å²) in [7, 11) is -8.75. The van der Waals surface area contributed by atoms with Crippen molar-refractivity contribution in [2.45, 2.75) is 57.8 Å². The Hall–Kier alpha value is -1.24. The molecule has 10 heteroatoms. The van der Waals surface area contributed by atoms with Gasteiger partial charge in [-0.3, -0.25) is 14.3 Å². The molecule has 0 rings (SSSR count). The van der Waals surface area contributed by atoms with Crippen LogP contribution in [0.3, 0.4) is 0 Å². The second kappa shape index (κ2) is 18.5. The van der Waals surface area contributed by atoms with Gasteiger partial charge in [-0.1, -0.05) is 87.1 Å². The molecule has 30 heavy (non-hydrogen) atoms. The van der Waals surface area contributed by atoms with Crippen molar-refractivity contribution in [3.8, 4) is 0 Å². The first-order valence-electron chi connectivity index (χ1n) is 9.96. The van der Waals surface area contributed by atoms with E-state index in [1.165, 1.54) is 25.3 Å². The highest BCUT2D eigenvalue weighted by molar-refractivity contribution is 7.46. The van der Waals surface area contributed by atoms with Crippen LogP contribution in [0.15, 0.2) is 60.9 Å². The van der Waals surface area contributed by atoms with Crippen molar-refractivity contribution in [2.75, 3.05) is 6.61 Å². The second-order valence-electron chi connectivity index (χ2n) is 6.45. The Morgan fingerprint density at radius 1 is 0.567 bits per heavy atom. The average molecular weight is 464 g/mol. The normalized spacial score (nSPS) is 13.7. The lowest BCUT2D eigenvalue weighted by Gasteiger charge is -2.04. The van der Waals surface area contributed by atoms with E-state index in [2.05, 4.69) is 15.1 Å². The fourth-order valence-electron chi connectivity index (χ4n) is 2.33. The van der Waals surface area contributed by atoms with E-state index in [-0.39, 0.29) is 6.61 Å². The van der Waals surface area contributed by atoms with Crippen molar-refractivity contribution >= 4 is 15.6 Å². The molecule has 0 aromatic rings. The Morgan fingerprint density at radius 2 is 1.03 bits per heavy atom. The summed E-state index contributed by atoms with van der Waals surface area (Å²) >= 11 is 0. The molecule has 0 aliphatic carbocycles. The number of unbranched alkanes of at least 4 members (excludes halogenated alkanes) is 8.